The van der Waals surface area contributed by atoms with Crippen LogP contribution in [0.15, 0.2) is 12.3 Å². The zero-order valence-electron chi connectivity index (χ0n) is 7.50. The van der Waals surface area contributed by atoms with Crippen molar-refractivity contribution in [1.82, 2.24) is 9.78 Å². The van der Waals surface area contributed by atoms with E-state index in [2.05, 4.69) is 5.10 Å². The maximum atomic E-state index is 12.5. The minimum absolute atomic E-state index is 0.207. The highest BCUT2D eigenvalue weighted by Crippen LogP contribution is 2.17. The second kappa shape index (κ2) is 3.83. The van der Waals surface area contributed by atoms with E-state index in [0.29, 0.717) is 6.54 Å². The quantitative estimate of drug-likeness (QED) is 0.777. The molecule has 0 aromatic carbocycles. The van der Waals surface area contributed by atoms with Gasteiger partial charge in [-0.3, -0.25) is 4.68 Å². The van der Waals surface area contributed by atoms with Crippen LogP contribution in [0.5, 0.6) is 0 Å². The Labute approximate surface area is 75.5 Å². The molecule has 5 heteroatoms. The number of aromatic nitrogens is 2. The van der Waals surface area contributed by atoms with Crippen molar-refractivity contribution in [2.45, 2.75) is 32.4 Å². The maximum absolute atomic E-state index is 12.5. The molecule has 74 valence electrons. The van der Waals surface area contributed by atoms with Crippen LogP contribution in [0.4, 0.5) is 8.78 Å². The Morgan fingerprint density at radius 2 is 2.31 bits per heavy atom. The van der Waals surface area contributed by atoms with Crippen LogP contribution in [-0.4, -0.2) is 15.7 Å². The monoisotopic (exact) mass is 189 g/mol. The van der Waals surface area contributed by atoms with Crippen LogP contribution in [0.1, 0.15) is 19.0 Å². The lowest BCUT2D eigenvalue weighted by Crippen LogP contribution is -2.16. The summed E-state index contributed by atoms with van der Waals surface area (Å²) in [5, 5.41) is 3.89. The van der Waals surface area contributed by atoms with Crippen molar-refractivity contribution in [3.63, 3.8) is 0 Å². The van der Waals surface area contributed by atoms with E-state index >= 15 is 0 Å². The van der Waals surface area contributed by atoms with E-state index in [9.17, 15) is 8.78 Å². The molecule has 0 bridgehead atoms. The van der Waals surface area contributed by atoms with Gasteiger partial charge in [0.05, 0.1) is 5.69 Å². The summed E-state index contributed by atoms with van der Waals surface area (Å²) in [5.41, 5.74) is 6.17. The highest BCUT2D eigenvalue weighted by molar-refractivity contribution is 4.99. The van der Waals surface area contributed by atoms with Crippen molar-refractivity contribution in [1.29, 1.82) is 0 Å². The van der Waals surface area contributed by atoms with Crippen molar-refractivity contribution in [2.24, 2.45) is 5.73 Å². The molecule has 1 aromatic rings. The molecule has 1 rings (SSSR count). The SMILES string of the molecule is CC(F)(F)CCn1nccc1CN. The molecule has 0 spiro atoms. The molecule has 0 saturated carbocycles. The fourth-order valence-corrected chi connectivity index (χ4v) is 1.04. The smallest absolute Gasteiger partial charge is 0.247 e. The number of alkyl halides is 2. The van der Waals surface area contributed by atoms with Crippen LogP contribution in [-0.2, 0) is 13.1 Å². The lowest BCUT2D eigenvalue weighted by atomic mass is 10.2. The first-order valence-electron chi connectivity index (χ1n) is 4.11. The van der Waals surface area contributed by atoms with Gasteiger partial charge in [0.2, 0.25) is 5.92 Å². The summed E-state index contributed by atoms with van der Waals surface area (Å²) in [6, 6.07) is 1.73. The second-order valence-electron chi connectivity index (χ2n) is 3.07. The van der Waals surface area contributed by atoms with Gasteiger partial charge in [0.25, 0.3) is 0 Å². The zero-order valence-corrected chi connectivity index (χ0v) is 7.50. The first-order valence-corrected chi connectivity index (χ1v) is 4.11. The summed E-state index contributed by atoms with van der Waals surface area (Å²) in [5.74, 6) is -2.64. The van der Waals surface area contributed by atoms with Gasteiger partial charge >= 0.3 is 0 Å². The molecule has 1 aromatic heterocycles. The predicted octanol–water partition coefficient (Wildman–Crippen LogP) is 1.39. The number of nitrogens with two attached hydrogens (primary N) is 1. The molecule has 3 nitrogen and oxygen atoms in total. The Hall–Kier alpha value is -0.970. The standard InChI is InChI=1S/C8H13F2N3/c1-8(9,10)3-5-13-7(6-11)2-4-12-13/h2,4H,3,5-6,11H2,1H3. The summed E-state index contributed by atoms with van der Waals surface area (Å²) in [4.78, 5) is 0. The molecule has 0 unspecified atom stereocenters. The van der Waals surface area contributed by atoms with Crippen LogP contribution in [0, 0.1) is 0 Å². The Morgan fingerprint density at radius 3 is 2.85 bits per heavy atom. The van der Waals surface area contributed by atoms with Gasteiger partial charge in [-0.2, -0.15) is 5.10 Å². The summed E-state index contributed by atoms with van der Waals surface area (Å²) < 4.78 is 26.5. The van der Waals surface area contributed by atoms with Crippen LogP contribution < -0.4 is 5.73 Å². The zero-order chi connectivity index (χ0) is 9.90. The number of nitrogens with zero attached hydrogens (tertiary/aromatic N) is 2. The minimum Gasteiger partial charge on any atom is -0.325 e. The predicted molar refractivity (Wildman–Crippen MR) is 45.4 cm³/mol. The minimum atomic E-state index is -2.64. The number of hydrogen-bond acceptors (Lipinski definition) is 2. The molecule has 0 aliphatic carbocycles. The highest BCUT2D eigenvalue weighted by Gasteiger charge is 2.20. The Morgan fingerprint density at radius 1 is 1.62 bits per heavy atom. The van der Waals surface area contributed by atoms with Gasteiger partial charge in [0.1, 0.15) is 0 Å². The average Bonchev–Trinajstić information content (AvgIpc) is 2.46. The largest absolute Gasteiger partial charge is 0.325 e. The molecule has 0 radical (unpaired) electrons. The topological polar surface area (TPSA) is 43.8 Å². The third kappa shape index (κ3) is 3.10. The van der Waals surface area contributed by atoms with Gasteiger partial charge in [-0.1, -0.05) is 0 Å². The fraction of sp³-hybridized carbons (Fsp3) is 0.625. The fourth-order valence-electron chi connectivity index (χ4n) is 1.04. The molecular formula is C8H13F2N3. The van der Waals surface area contributed by atoms with E-state index in [1.165, 1.54) is 4.68 Å². The lowest BCUT2D eigenvalue weighted by Gasteiger charge is -2.11. The van der Waals surface area contributed by atoms with Crippen molar-refractivity contribution in [2.75, 3.05) is 0 Å². The van der Waals surface area contributed by atoms with Gasteiger partial charge in [-0.05, 0) is 13.0 Å². The number of halogens is 2. The van der Waals surface area contributed by atoms with Gasteiger partial charge in [-0.15, -0.1) is 0 Å². The average molecular weight is 189 g/mol. The summed E-state index contributed by atoms with van der Waals surface area (Å²) in [7, 11) is 0. The molecular weight excluding hydrogens is 176 g/mol. The molecule has 1 heterocycles. The molecule has 0 fully saturated rings. The van der Waals surface area contributed by atoms with Crippen molar-refractivity contribution in [3.8, 4) is 0 Å². The Bertz CT molecular complexity index is 265. The van der Waals surface area contributed by atoms with Crippen molar-refractivity contribution in [3.05, 3.63) is 18.0 Å². The van der Waals surface area contributed by atoms with Crippen LogP contribution in [0.3, 0.4) is 0 Å². The Balaban J connectivity index is 2.54. The molecule has 0 saturated heterocycles. The van der Waals surface area contributed by atoms with Gasteiger partial charge in [0.15, 0.2) is 0 Å². The number of rotatable bonds is 4. The second-order valence-corrected chi connectivity index (χ2v) is 3.07. The van der Waals surface area contributed by atoms with Gasteiger partial charge < -0.3 is 5.73 Å². The summed E-state index contributed by atoms with van der Waals surface area (Å²) in [6.07, 6.45) is 1.36. The first-order chi connectivity index (χ1) is 6.03. The normalized spacial score (nSPS) is 12.0. The third-order valence-corrected chi connectivity index (χ3v) is 1.78. The van der Waals surface area contributed by atoms with E-state index in [1.54, 1.807) is 12.3 Å². The van der Waals surface area contributed by atoms with E-state index in [4.69, 9.17) is 5.73 Å². The van der Waals surface area contributed by atoms with Gasteiger partial charge in [0, 0.05) is 25.7 Å². The summed E-state index contributed by atoms with van der Waals surface area (Å²) >= 11 is 0. The molecule has 0 aliphatic rings. The maximum Gasteiger partial charge on any atom is 0.247 e. The van der Waals surface area contributed by atoms with Crippen LogP contribution >= 0.6 is 0 Å². The van der Waals surface area contributed by atoms with E-state index < -0.39 is 5.92 Å². The lowest BCUT2D eigenvalue weighted by molar-refractivity contribution is 0.00760. The molecule has 0 atom stereocenters. The Kier molecular flexibility index (Phi) is 2.98. The molecule has 13 heavy (non-hydrogen) atoms. The summed E-state index contributed by atoms with van der Waals surface area (Å²) in [6.45, 7) is 1.44. The molecule has 2 N–H and O–H groups in total. The number of aryl methyl sites for hydroxylation is 1. The van der Waals surface area contributed by atoms with E-state index in [-0.39, 0.29) is 13.0 Å². The van der Waals surface area contributed by atoms with E-state index in [0.717, 1.165) is 12.6 Å². The van der Waals surface area contributed by atoms with Crippen LogP contribution in [0.2, 0.25) is 0 Å². The highest BCUT2D eigenvalue weighted by atomic mass is 19.3. The van der Waals surface area contributed by atoms with E-state index in [1.807, 2.05) is 0 Å². The third-order valence-electron chi connectivity index (χ3n) is 1.78. The van der Waals surface area contributed by atoms with Crippen LogP contribution in [0.25, 0.3) is 0 Å². The molecule has 0 amide bonds. The number of hydrogen-bond donors (Lipinski definition) is 1. The first kappa shape index (κ1) is 10.1. The van der Waals surface area contributed by atoms with Crippen molar-refractivity contribution >= 4 is 0 Å². The van der Waals surface area contributed by atoms with Gasteiger partial charge in [-0.25, -0.2) is 8.78 Å². The van der Waals surface area contributed by atoms with Crippen molar-refractivity contribution < 1.29 is 8.78 Å². The molecule has 0 aliphatic heterocycles.